The van der Waals surface area contributed by atoms with Gasteiger partial charge in [0.05, 0.1) is 11.3 Å². The molecule has 0 spiro atoms. The molecule has 15 heavy (non-hydrogen) atoms. The lowest BCUT2D eigenvalue weighted by molar-refractivity contribution is 0.411. The first-order chi connectivity index (χ1) is 7.07. The number of aromatic nitrogens is 1. The van der Waals surface area contributed by atoms with Crippen molar-refractivity contribution in [3.05, 3.63) is 16.6 Å². The molecule has 4 nitrogen and oxygen atoms in total. The molecule has 0 amide bonds. The van der Waals surface area contributed by atoms with Gasteiger partial charge < -0.3 is 0 Å². The van der Waals surface area contributed by atoms with Gasteiger partial charge in [-0.1, -0.05) is 0 Å². The van der Waals surface area contributed by atoms with Crippen LogP contribution in [0.15, 0.2) is 11.6 Å². The van der Waals surface area contributed by atoms with E-state index in [0.717, 1.165) is 24.3 Å². The van der Waals surface area contributed by atoms with Gasteiger partial charge in [-0.3, -0.25) is 0 Å². The third-order valence-corrected chi connectivity index (χ3v) is 4.58. The Morgan fingerprint density at radius 2 is 2.33 bits per heavy atom. The quantitative estimate of drug-likeness (QED) is 0.782. The average Bonchev–Trinajstić information content (AvgIpc) is 2.80. The molecule has 0 unspecified atom stereocenters. The third-order valence-electron chi connectivity index (χ3n) is 2.41. The topological polar surface area (TPSA) is 50.3 Å². The van der Waals surface area contributed by atoms with E-state index in [1.807, 2.05) is 5.38 Å². The first-order valence-electron chi connectivity index (χ1n) is 4.92. The second kappa shape index (κ2) is 4.19. The Balaban J connectivity index is 1.96. The summed E-state index contributed by atoms with van der Waals surface area (Å²) in [4.78, 5) is 4.15. The van der Waals surface area contributed by atoms with Gasteiger partial charge in [0.15, 0.2) is 0 Å². The lowest BCUT2D eigenvalue weighted by atomic mass is 10.4. The Labute approximate surface area is 94.0 Å². The van der Waals surface area contributed by atoms with Crippen molar-refractivity contribution in [2.24, 2.45) is 0 Å². The molecule has 0 radical (unpaired) electrons. The van der Waals surface area contributed by atoms with Crippen molar-refractivity contribution in [2.45, 2.75) is 25.3 Å². The van der Waals surface area contributed by atoms with Gasteiger partial charge in [-0.15, -0.1) is 11.3 Å². The number of nitrogens with zero attached hydrogens (tertiary/aromatic N) is 2. The van der Waals surface area contributed by atoms with Crippen molar-refractivity contribution in [3.8, 4) is 0 Å². The minimum Gasteiger partial charge on any atom is -0.250 e. The maximum atomic E-state index is 11.5. The van der Waals surface area contributed by atoms with Crippen LogP contribution in [0.3, 0.4) is 0 Å². The molecule has 1 saturated carbocycles. The van der Waals surface area contributed by atoms with E-state index in [4.69, 9.17) is 0 Å². The molecule has 0 N–H and O–H groups in total. The van der Waals surface area contributed by atoms with E-state index < -0.39 is 10.0 Å². The van der Waals surface area contributed by atoms with E-state index in [9.17, 15) is 8.42 Å². The van der Waals surface area contributed by atoms with Crippen LogP contribution in [0.1, 0.15) is 17.8 Å². The predicted molar refractivity (Wildman–Crippen MR) is 60.4 cm³/mol. The largest absolute Gasteiger partial charge is 0.250 e. The second-order valence-electron chi connectivity index (χ2n) is 3.78. The summed E-state index contributed by atoms with van der Waals surface area (Å²) in [6.07, 6.45) is 5.77. The highest BCUT2D eigenvalue weighted by atomic mass is 32.2. The molecule has 1 aliphatic rings. The maximum absolute atomic E-state index is 11.5. The van der Waals surface area contributed by atoms with Crippen LogP contribution in [0.5, 0.6) is 0 Å². The summed E-state index contributed by atoms with van der Waals surface area (Å²) in [6, 6.07) is 0.250. The van der Waals surface area contributed by atoms with Gasteiger partial charge in [-0.2, -0.15) is 4.31 Å². The first-order valence-corrected chi connectivity index (χ1v) is 7.65. The van der Waals surface area contributed by atoms with Crippen molar-refractivity contribution in [2.75, 3.05) is 12.8 Å². The number of sulfonamides is 1. The molecule has 84 valence electrons. The fraction of sp³-hybridized carbons (Fsp3) is 0.667. The van der Waals surface area contributed by atoms with Gasteiger partial charge in [0.25, 0.3) is 0 Å². The van der Waals surface area contributed by atoms with Gasteiger partial charge in [-0.25, -0.2) is 13.4 Å². The van der Waals surface area contributed by atoms with E-state index >= 15 is 0 Å². The Hall–Kier alpha value is -0.460. The van der Waals surface area contributed by atoms with Crippen LogP contribution in [0.25, 0.3) is 0 Å². The highest BCUT2D eigenvalue weighted by molar-refractivity contribution is 7.88. The molecule has 1 heterocycles. The summed E-state index contributed by atoms with van der Waals surface area (Å²) in [6.45, 7) is 0.566. The van der Waals surface area contributed by atoms with E-state index in [1.54, 1.807) is 21.8 Å². The van der Waals surface area contributed by atoms with Crippen LogP contribution in [0.4, 0.5) is 0 Å². The molecule has 2 rings (SSSR count). The first kappa shape index (κ1) is 11.0. The van der Waals surface area contributed by atoms with Crippen LogP contribution in [0, 0.1) is 0 Å². The third kappa shape index (κ3) is 2.99. The molecule has 0 aromatic carbocycles. The average molecular weight is 246 g/mol. The summed E-state index contributed by atoms with van der Waals surface area (Å²) in [5, 5.41) is 2.92. The summed E-state index contributed by atoms with van der Waals surface area (Å²) in [5.74, 6) is 0. The summed E-state index contributed by atoms with van der Waals surface area (Å²) in [7, 11) is -3.04. The SMILES string of the molecule is CS(=O)(=O)N(CCc1nccs1)C1CC1. The lowest BCUT2D eigenvalue weighted by Gasteiger charge is -2.18. The Kier molecular flexibility index (Phi) is 3.08. The summed E-state index contributed by atoms with van der Waals surface area (Å²) < 4.78 is 24.6. The lowest BCUT2D eigenvalue weighted by Crippen LogP contribution is -2.33. The molecular formula is C9H14N2O2S2. The van der Waals surface area contributed by atoms with E-state index in [0.29, 0.717) is 6.54 Å². The zero-order chi connectivity index (χ0) is 10.9. The minimum atomic E-state index is -3.04. The van der Waals surface area contributed by atoms with Crippen molar-refractivity contribution in [1.82, 2.24) is 9.29 Å². The summed E-state index contributed by atoms with van der Waals surface area (Å²) >= 11 is 1.58. The van der Waals surface area contributed by atoms with Crippen molar-refractivity contribution in [1.29, 1.82) is 0 Å². The Morgan fingerprint density at radius 1 is 1.60 bits per heavy atom. The molecule has 0 bridgehead atoms. The molecule has 1 aromatic heterocycles. The zero-order valence-corrected chi connectivity index (χ0v) is 10.2. The van der Waals surface area contributed by atoms with Gasteiger partial charge in [0, 0.05) is 30.6 Å². The smallest absolute Gasteiger partial charge is 0.211 e. The molecule has 0 aliphatic heterocycles. The standard InChI is InChI=1S/C9H14N2O2S2/c1-15(12,13)11(8-2-3-8)6-4-9-10-5-7-14-9/h5,7-8H,2-4,6H2,1H3. The minimum absolute atomic E-state index is 0.250. The van der Waals surface area contributed by atoms with Crippen LogP contribution < -0.4 is 0 Å². The Bertz CT molecular complexity index is 409. The predicted octanol–water partition coefficient (Wildman–Crippen LogP) is 1.11. The van der Waals surface area contributed by atoms with E-state index in [1.165, 1.54) is 6.26 Å². The number of thiazole rings is 1. The van der Waals surface area contributed by atoms with Gasteiger partial charge >= 0.3 is 0 Å². The van der Waals surface area contributed by atoms with Crippen LogP contribution >= 0.6 is 11.3 Å². The molecular weight excluding hydrogens is 232 g/mol. The normalized spacial score (nSPS) is 17.2. The van der Waals surface area contributed by atoms with Gasteiger partial charge in [-0.05, 0) is 12.8 Å². The van der Waals surface area contributed by atoms with Gasteiger partial charge in [0.1, 0.15) is 0 Å². The van der Waals surface area contributed by atoms with E-state index in [2.05, 4.69) is 4.98 Å². The van der Waals surface area contributed by atoms with E-state index in [-0.39, 0.29) is 6.04 Å². The molecule has 0 saturated heterocycles. The van der Waals surface area contributed by atoms with Crippen LogP contribution in [-0.2, 0) is 16.4 Å². The molecule has 0 atom stereocenters. The Morgan fingerprint density at radius 3 is 2.80 bits per heavy atom. The fourth-order valence-electron chi connectivity index (χ4n) is 1.56. The molecule has 1 aliphatic carbocycles. The molecule has 1 aromatic rings. The number of rotatable bonds is 5. The maximum Gasteiger partial charge on any atom is 0.211 e. The molecule has 1 fully saturated rings. The second-order valence-corrected chi connectivity index (χ2v) is 6.69. The fourth-order valence-corrected chi connectivity index (χ4v) is 3.35. The highest BCUT2D eigenvalue weighted by Crippen LogP contribution is 2.28. The highest BCUT2D eigenvalue weighted by Gasteiger charge is 2.34. The van der Waals surface area contributed by atoms with Crippen molar-refractivity contribution >= 4 is 21.4 Å². The number of hydrogen-bond acceptors (Lipinski definition) is 4. The van der Waals surface area contributed by atoms with Crippen molar-refractivity contribution in [3.63, 3.8) is 0 Å². The molecule has 6 heteroatoms. The summed E-state index contributed by atoms with van der Waals surface area (Å²) in [5.41, 5.74) is 0. The van der Waals surface area contributed by atoms with Crippen LogP contribution in [0.2, 0.25) is 0 Å². The number of hydrogen-bond donors (Lipinski definition) is 0. The zero-order valence-electron chi connectivity index (χ0n) is 8.59. The monoisotopic (exact) mass is 246 g/mol. The van der Waals surface area contributed by atoms with Crippen molar-refractivity contribution < 1.29 is 8.42 Å². The van der Waals surface area contributed by atoms with Gasteiger partial charge in [0.2, 0.25) is 10.0 Å². The van der Waals surface area contributed by atoms with Crippen LogP contribution in [-0.4, -0.2) is 36.5 Å².